The van der Waals surface area contributed by atoms with E-state index in [4.69, 9.17) is 26.4 Å². The molecule has 0 amide bonds. The zero-order valence-electron chi connectivity index (χ0n) is 20.8. The molecule has 2 N–H and O–H groups in total. The van der Waals surface area contributed by atoms with Crippen LogP contribution in [-0.2, 0) is 6.42 Å². The molecule has 0 unspecified atom stereocenters. The van der Waals surface area contributed by atoms with E-state index in [1.165, 1.54) is 11.8 Å². The maximum absolute atomic E-state index is 13.2. The van der Waals surface area contributed by atoms with Crippen LogP contribution >= 0.6 is 24.0 Å². The molecule has 4 rings (SSSR count). The highest BCUT2D eigenvalue weighted by molar-refractivity contribution is 7.99. The number of fused-ring (bicyclic) bond motifs is 3. The van der Waals surface area contributed by atoms with Gasteiger partial charge in [0.15, 0.2) is 22.0 Å². The molecule has 0 aliphatic heterocycles. The Balaban J connectivity index is 1.88. The number of methoxy groups -OCH3 is 3. The molecule has 3 aromatic rings. The predicted octanol–water partition coefficient (Wildman–Crippen LogP) is 5.83. The lowest BCUT2D eigenvalue weighted by Gasteiger charge is -2.21. The largest absolute Gasteiger partial charge is 0.493 e. The first-order valence-corrected chi connectivity index (χ1v) is 13.2. The Bertz CT molecular complexity index is 1320. The van der Waals surface area contributed by atoms with Crippen LogP contribution in [0.1, 0.15) is 30.5 Å². The quantitative estimate of drug-likeness (QED) is 0.297. The van der Waals surface area contributed by atoms with E-state index in [-0.39, 0.29) is 11.5 Å². The molecule has 1 aliphatic rings. The number of thiocarbonyl (C=S) groups is 1. The van der Waals surface area contributed by atoms with Gasteiger partial charge < -0.3 is 24.8 Å². The molecule has 0 bridgehead atoms. The van der Waals surface area contributed by atoms with Crippen molar-refractivity contribution >= 4 is 34.8 Å². The average molecular weight is 523 g/mol. The van der Waals surface area contributed by atoms with Gasteiger partial charge in [-0.3, -0.25) is 4.79 Å². The predicted molar refractivity (Wildman–Crippen MR) is 151 cm³/mol. The third-order valence-corrected chi connectivity index (χ3v) is 7.29. The molecule has 0 saturated heterocycles. The van der Waals surface area contributed by atoms with E-state index in [1.807, 2.05) is 55.5 Å². The minimum absolute atomic E-state index is 0.0141. The van der Waals surface area contributed by atoms with Crippen LogP contribution in [0.3, 0.4) is 0 Å². The Labute approximate surface area is 221 Å². The third kappa shape index (κ3) is 5.29. The van der Waals surface area contributed by atoms with Crippen LogP contribution in [-0.4, -0.2) is 32.2 Å². The van der Waals surface area contributed by atoms with Crippen LogP contribution < -0.4 is 30.3 Å². The first kappa shape index (κ1) is 25.9. The molecular formula is C28H30N2O4S2. The molecule has 0 spiro atoms. The summed E-state index contributed by atoms with van der Waals surface area (Å²) in [6.45, 7) is 2.04. The summed E-state index contributed by atoms with van der Waals surface area (Å²) in [7, 11) is 4.83. The van der Waals surface area contributed by atoms with Crippen molar-refractivity contribution in [3.63, 3.8) is 0 Å². The molecule has 0 saturated carbocycles. The second-order valence-corrected chi connectivity index (χ2v) is 9.96. The number of thioether (sulfide) groups is 1. The molecule has 1 atom stereocenters. The van der Waals surface area contributed by atoms with Gasteiger partial charge in [-0.1, -0.05) is 31.2 Å². The summed E-state index contributed by atoms with van der Waals surface area (Å²) in [5.41, 5.74) is 4.61. The number of anilines is 1. The van der Waals surface area contributed by atoms with Crippen molar-refractivity contribution in [3.8, 4) is 28.4 Å². The summed E-state index contributed by atoms with van der Waals surface area (Å²) in [5.74, 6) is 2.52. The Hall–Kier alpha value is -3.23. The SMILES string of the molecule is CCSc1ccc2c(cc1=O)[C@@H](NC(=S)Nc1ccccc1)CCc1cc(OC)c(OC)c(OC)c1-2. The van der Waals surface area contributed by atoms with E-state index in [1.54, 1.807) is 27.4 Å². The molecule has 0 radical (unpaired) electrons. The van der Waals surface area contributed by atoms with Crippen LogP contribution in [0.15, 0.2) is 64.3 Å². The van der Waals surface area contributed by atoms with E-state index in [0.29, 0.717) is 27.3 Å². The molecule has 8 heteroatoms. The molecule has 0 fully saturated rings. The summed E-state index contributed by atoms with van der Waals surface area (Å²) in [4.78, 5) is 13.9. The molecule has 3 aromatic carbocycles. The zero-order chi connectivity index (χ0) is 25.7. The Morgan fingerprint density at radius 3 is 2.44 bits per heavy atom. The summed E-state index contributed by atoms with van der Waals surface area (Å²) in [5, 5.41) is 7.20. The zero-order valence-corrected chi connectivity index (χ0v) is 22.5. The van der Waals surface area contributed by atoms with Gasteiger partial charge in [-0.2, -0.15) is 0 Å². The fraction of sp³-hybridized carbons (Fsp3) is 0.286. The molecule has 0 heterocycles. The van der Waals surface area contributed by atoms with E-state index in [2.05, 4.69) is 10.6 Å². The van der Waals surface area contributed by atoms with Crippen LogP contribution in [0.4, 0.5) is 5.69 Å². The van der Waals surface area contributed by atoms with Gasteiger partial charge in [0, 0.05) is 11.3 Å². The van der Waals surface area contributed by atoms with E-state index in [0.717, 1.165) is 46.5 Å². The molecule has 1 aliphatic carbocycles. The molecular weight excluding hydrogens is 492 g/mol. The standard InChI is InChI=1S/C28H30N2O4S2/c1-5-36-24-14-12-19-20(16-22(24)31)21(30-28(35)29-18-9-7-6-8-10-18)13-11-17-15-23(32-2)26(33-3)27(34-4)25(17)19/h6-10,12,14-16,21H,5,11,13H2,1-4H3,(H2,29,30,35)/t21-/m0/s1. The van der Waals surface area contributed by atoms with Crippen molar-refractivity contribution in [2.24, 2.45) is 0 Å². The Morgan fingerprint density at radius 1 is 1.03 bits per heavy atom. The van der Waals surface area contributed by atoms with Crippen LogP contribution in [0, 0.1) is 0 Å². The number of hydrogen-bond acceptors (Lipinski definition) is 6. The van der Waals surface area contributed by atoms with Crippen molar-refractivity contribution in [2.75, 3.05) is 32.4 Å². The van der Waals surface area contributed by atoms with Gasteiger partial charge in [0.1, 0.15) is 0 Å². The topological polar surface area (TPSA) is 68.8 Å². The highest BCUT2D eigenvalue weighted by Gasteiger charge is 2.29. The minimum atomic E-state index is -0.197. The second-order valence-electron chi connectivity index (χ2n) is 8.24. The number of rotatable bonds is 7. The molecule has 6 nitrogen and oxygen atoms in total. The second kappa shape index (κ2) is 11.7. The van der Waals surface area contributed by atoms with Crippen LogP contribution in [0.2, 0.25) is 0 Å². The number of hydrogen-bond donors (Lipinski definition) is 2. The van der Waals surface area contributed by atoms with E-state index < -0.39 is 0 Å². The van der Waals surface area contributed by atoms with Gasteiger partial charge in [-0.15, -0.1) is 11.8 Å². The smallest absolute Gasteiger partial charge is 0.203 e. The first-order valence-electron chi connectivity index (χ1n) is 11.8. The van der Waals surface area contributed by atoms with Crippen molar-refractivity contribution in [2.45, 2.75) is 30.7 Å². The third-order valence-electron chi connectivity index (χ3n) is 6.14. The van der Waals surface area contributed by atoms with Gasteiger partial charge in [0.05, 0.1) is 32.3 Å². The van der Waals surface area contributed by atoms with Crippen LogP contribution in [0.25, 0.3) is 11.1 Å². The van der Waals surface area contributed by atoms with Gasteiger partial charge in [-0.05, 0) is 77.8 Å². The maximum atomic E-state index is 13.2. The summed E-state index contributed by atoms with van der Waals surface area (Å²) in [6.07, 6.45) is 1.44. The number of aryl methyl sites for hydroxylation is 1. The number of benzene rings is 2. The number of ether oxygens (including phenoxy) is 3. The average Bonchev–Trinajstić information content (AvgIpc) is 3.13. The van der Waals surface area contributed by atoms with Gasteiger partial charge >= 0.3 is 0 Å². The number of nitrogens with one attached hydrogen (secondary N) is 2. The van der Waals surface area contributed by atoms with Gasteiger partial charge in [0.25, 0.3) is 0 Å². The summed E-state index contributed by atoms with van der Waals surface area (Å²) < 4.78 is 17.2. The fourth-order valence-corrected chi connectivity index (χ4v) is 5.51. The highest BCUT2D eigenvalue weighted by Crippen LogP contribution is 2.50. The lowest BCUT2D eigenvalue weighted by molar-refractivity contribution is 0.324. The lowest BCUT2D eigenvalue weighted by Crippen LogP contribution is -2.32. The van der Waals surface area contributed by atoms with E-state index in [9.17, 15) is 4.79 Å². The lowest BCUT2D eigenvalue weighted by atomic mass is 9.95. The Morgan fingerprint density at radius 2 is 1.78 bits per heavy atom. The van der Waals surface area contributed by atoms with Crippen LogP contribution in [0.5, 0.6) is 17.2 Å². The molecule has 36 heavy (non-hydrogen) atoms. The van der Waals surface area contributed by atoms with Gasteiger partial charge in [0.2, 0.25) is 5.75 Å². The first-order chi connectivity index (χ1) is 17.5. The van der Waals surface area contributed by atoms with Crippen molar-refractivity contribution in [1.29, 1.82) is 0 Å². The van der Waals surface area contributed by atoms with Crippen molar-refractivity contribution < 1.29 is 14.2 Å². The number of para-hydroxylation sites is 1. The summed E-state index contributed by atoms with van der Waals surface area (Å²) >= 11 is 7.20. The summed E-state index contributed by atoms with van der Waals surface area (Å²) in [6, 6.07) is 17.2. The van der Waals surface area contributed by atoms with Crippen molar-refractivity contribution in [3.05, 3.63) is 75.9 Å². The van der Waals surface area contributed by atoms with Gasteiger partial charge in [-0.25, -0.2) is 0 Å². The fourth-order valence-electron chi connectivity index (χ4n) is 4.57. The van der Waals surface area contributed by atoms with Crippen molar-refractivity contribution in [1.82, 2.24) is 5.32 Å². The molecule has 0 aromatic heterocycles. The monoisotopic (exact) mass is 522 g/mol. The maximum Gasteiger partial charge on any atom is 0.203 e. The van der Waals surface area contributed by atoms with E-state index >= 15 is 0 Å². The highest BCUT2D eigenvalue weighted by atomic mass is 32.2. The normalized spacial score (nSPS) is 14.1. The molecule has 188 valence electrons. The minimum Gasteiger partial charge on any atom is -0.493 e. The Kier molecular flexibility index (Phi) is 8.38.